The van der Waals surface area contributed by atoms with Crippen molar-refractivity contribution in [2.75, 3.05) is 0 Å². The van der Waals surface area contributed by atoms with Gasteiger partial charge in [-0.25, -0.2) is 9.83 Å². The van der Waals surface area contributed by atoms with Gasteiger partial charge < -0.3 is 0 Å². The van der Waals surface area contributed by atoms with Crippen LogP contribution in [0.4, 0.5) is 5.69 Å². The third-order valence-electron chi connectivity index (χ3n) is 8.21. The molecule has 0 radical (unpaired) electrons. The zero-order valence-electron chi connectivity index (χ0n) is 22.7. The molecule has 5 nitrogen and oxygen atoms in total. The van der Waals surface area contributed by atoms with Crippen LogP contribution in [0.25, 0.3) is 76.5 Å². The predicted octanol–water partition coefficient (Wildman–Crippen LogP) is 9.02. The molecule has 0 aliphatic heterocycles. The topological polar surface area (TPSA) is 62.5 Å². The minimum Gasteiger partial charge on any atom is -0.268 e. The Morgan fingerprint density at radius 3 is 2.14 bits per heavy atom. The SMILES string of the molecule is [C-]#[N+]c1ccc(-c2cc(-c3ccc(C#N)cc3)c3nc4c5ccc(-c6ccccc6)c6cccc(c(=O)n4c3c2)c65)cc1. The number of aromatic nitrogens is 2. The fourth-order valence-electron chi connectivity index (χ4n) is 6.16. The van der Waals surface area contributed by atoms with E-state index in [1.54, 1.807) is 28.7 Å². The minimum absolute atomic E-state index is 0.118. The third kappa shape index (κ3) is 3.70. The molecule has 0 saturated carbocycles. The molecule has 0 fully saturated rings. The van der Waals surface area contributed by atoms with Gasteiger partial charge in [-0.1, -0.05) is 84.9 Å². The zero-order chi connectivity index (χ0) is 29.1. The van der Waals surface area contributed by atoms with Gasteiger partial charge in [-0.2, -0.15) is 5.26 Å². The van der Waals surface area contributed by atoms with E-state index in [-0.39, 0.29) is 5.56 Å². The molecule has 0 atom stereocenters. The molecule has 0 aliphatic rings. The van der Waals surface area contributed by atoms with Crippen LogP contribution in [0.2, 0.25) is 0 Å². The molecule has 0 amide bonds. The van der Waals surface area contributed by atoms with Crippen LogP contribution in [0.5, 0.6) is 0 Å². The van der Waals surface area contributed by atoms with Gasteiger partial charge in [0.25, 0.3) is 5.56 Å². The molecule has 0 saturated heterocycles. The summed E-state index contributed by atoms with van der Waals surface area (Å²) in [4.78, 5) is 23.0. The van der Waals surface area contributed by atoms with Gasteiger partial charge in [-0.3, -0.25) is 9.20 Å². The Bertz CT molecular complexity index is 2520. The summed E-state index contributed by atoms with van der Waals surface area (Å²) in [6, 6.07) is 41.4. The molecule has 0 unspecified atom stereocenters. The molecule has 5 heteroatoms. The van der Waals surface area contributed by atoms with Crippen molar-refractivity contribution in [2.24, 2.45) is 0 Å². The maximum atomic E-state index is 14.3. The summed E-state index contributed by atoms with van der Waals surface area (Å²) < 4.78 is 1.73. The fraction of sp³-hybridized carbons (Fsp3) is 0. The van der Waals surface area contributed by atoms with Crippen molar-refractivity contribution in [1.29, 1.82) is 5.26 Å². The first kappa shape index (κ1) is 24.5. The van der Waals surface area contributed by atoms with E-state index in [9.17, 15) is 10.1 Å². The van der Waals surface area contributed by atoms with Crippen molar-refractivity contribution in [1.82, 2.24) is 9.38 Å². The van der Waals surface area contributed by atoms with Gasteiger partial charge in [-0.15, -0.1) is 0 Å². The van der Waals surface area contributed by atoms with E-state index in [2.05, 4.69) is 47.3 Å². The quantitative estimate of drug-likeness (QED) is 0.207. The molecule has 0 bridgehead atoms. The van der Waals surface area contributed by atoms with Gasteiger partial charge in [0.2, 0.25) is 0 Å². The summed E-state index contributed by atoms with van der Waals surface area (Å²) in [6.45, 7) is 7.33. The predicted molar refractivity (Wildman–Crippen MR) is 172 cm³/mol. The van der Waals surface area contributed by atoms with Crippen LogP contribution in [0, 0.1) is 17.9 Å². The molecular formula is C38H20N4O. The highest BCUT2D eigenvalue weighted by atomic mass is 16.1. The summed E-state index contributed by atoms with van der Waals surface area (Å²) in [5.74, 6) is 0. The first-order chi connectivity index (χ1) is 21.1. The van der Waals surface area contributed by atoms with Crippen molar-refractivity contribution < 1.29 is 0 Å². The molecule has 0 N–H and O–H groups in total. The summed E-state index contributed by atoms with van der Waals surface area (Å²) in [5.41, 5.74) is 8.80. The van der Waals surface area contributed by atoms with Crippen molar-refractivity contribution >= 4 is 43.9 Å². The van der Waals surface area contributed by atoms with Gasteiger partial charge in [0.1, 0.15) is 5.65 Å². The molecule has 0 aliphatic carbocycles. The molecule has 2 aromatic heterocycles. The maximum absolute atomic E-state index is 14.3. The number of rotatable bonds is 3. The number of hydrogen-bond donors (Lipinski definition) is 0. The number of imidazole rings is 1. The number of pyridine rings is 1. The van der Waals surface area contributed by atoms with E-state index in [1.807, 2.05) is 60.7 Å². The highest BCUT2D eigenvalue weighted by molar-refractivity contribution is 6.19. The Balaban J connectivity index is 1.50. The molecule has 8 aromatic rings. The van der Waals surface area contributed by atoms with E-state index >= 15 is 0 Å². The smallest absolute Gasteiger partial charge is 0.264 e. The van der Waals surface area contributed by atoms with Crippen molar-refractivity contribution in [3.63, 3.8) is 0 Å². The van der Waals surface area contributed by atoms with Gasteiger partial charge >= 0.3 is 0 Å². The van der Waals surface area contributed by atoms with Crippen LogP contribution in [0.3, 0.4) is 0 Å². The molecule has 6 aromatic carbocycles. The lowest BCUT2D eigenvalue weighted by Crippen LogP contribution is -2.13. The molecule has 198 valence electrons. The first-order valence-corrected chi connectivity index (χ1v) is 13.9. The van der Waals surface area contributed by atoms with E-state index in [4.69, 9.17) is 11.6 Å². The molecule has 43 heavy (non-hydrogen) atoms. The van der Waals surface area contributed by atoms with Gasteiger partial charge in [-0.05, 0) is 69.6 Å². The highest BCUT2D eigenvalue weighted by Crippen LogP contribution is 2.39. The maximum Gasteiger partial charge on any atom is 0.264 e. The van der Waals surface area contributed by atoms with E-state index < -0.39 is 0 Å². The monoisotopic (exact) mass is 548 g/mol. The summed E-state index contributed by atoms with van der Waals surface area (Å²) in [7, 11) is 0. The average molecular weight is 549 g/mol. The minimum atomic E-state index is -0.118. The summed E-state index contributed by atoms with van der Waals surface area (Å²) in [6.07, 6.45) is 0. The lowest BCUT2D eigenvalue weighted by molar-refractivity contribution is 1.19. The van der Waals surface area contributed by atoms with Gasteiger partial charge in [0, 0.05) is 21.7 Å². The Labute approximate surface area is 246 Å². The van der Waals surface area contributed by atoms with Crippen molar-refractivity contribution in [3.8, 4) is 39.4 Å². The lowest BCUT2D eigenvalue weighted by atomic mass is 9.94. The molecule has 2 heterocycles. The third-order valence-corrected chi connectivity index (χ3v) is 8.21. The molecule has 8 rings (SSSR count). The first-order valence-electron chi connectivity index (χ1n) is 13.9. The Hall–Kier alpha value is -6.30. The normalized spacial score (nSPS) is 11.3. The summed E-state index contributed by atoms with van der Waals surface area (Å²) in [5, 5.41) is 12.9. The van der Waals surface area contributed by atoms with Crippen molar-refractivity contribution in [3.05, 3.63) is 149 Å². The van der Waals surface area contributed by atoms with Gasteiger partial charge in [0.15, 0.2) is 5.69 Å². The largest absolute Gasteiger partial charge is 0.268 e. The van der Waals surface area contributed by atoms with E-state index in [0.29, 0.717) is 33.3 Å². The zero-order valence-corrected chi connectivity index (χ0v) is 22.7. The van der Waals surface area contributed by atoms with Crippen LogP contribution >= 0.6 is 0 Å². The second-order valence-electron chi connectivity index (χ2n) is 10.6. The Kier molecular flexibility index (Phi) is 5.34. The fourth-order valence-corrected chi connectivity index (χ4v) is 6.16. The average Bonchev–Trinajstić information content (AvgIpc) is 3.47. The Morgan fingerprint density at radius 1 is 0.674 bits per heavy atom. The lowest BCUT2D eigenvalue weighted by Gasteiger charge is -2.12. The highest BCUT2D eigenvalue weighted by Gasteiger charge is 2.21. The Morgan fingerprint density at radius 2 is 1.40 bits per heavy atom. The van der Waals surface area contributed by atoms with Crippen LogP contribution in [-0.4, -0.2) is 9.38 Å². The number of hydrogen-bond acceptors (Lipinski definition) is 3. The second-order valence-corrected chi connectivity index (χ2v) is 10.6. The number of fused-ring (bicyclic) bond motifs is 4. The van der Waals surface area contributed by atoms with Crippen LogP contribution < -0.4 is 5.56 Å². The summed E-state index contributed by atoms with van der Waals surface area (Å²) >= 11 is 0. The van der Waals surface area contributed by atoms with E-state index in [0.717, 1.165) is 49.5 Å². The van der Waals surface area contributed by atoms with E-state index in [1.165, 1.54) is 0 Å². The van der Waals surface area contributed by atoms with Crippen LogP contribution in [-0.2, 0) is 0 Å². The van der Waals surface area contributed by atoms with Crippen LogP contribution in [0.15, 0.2) is 126 Å². The molecular weight excluding hydrogens is 528 g/mol. The standard InChI is InChI=1S/C38H20N4O/c1-40-28-16-14-24(15-17-28)27-20-33(26-12-10-23(22-39)11-13-26)36-34(21-27)42-37(41-36)31-19-18-29(25-6-3-2-4-7-25)30-8-5-9-32(35(30)31)38(42)43/h2-21H. The van der Waals surface area contributed by atoms with Gasteiger partial charge in [0.05, 0.1) is 29.2 Å². The number of nitriles is 1. The number of benzene rings is 6. The molecule has 0 spiro atoms. The van der Waals surface area contributed by atoms with Crippen molar-refractivity contribution in [2.45, 2.75) is 0 Å². The number of nitrogens with zero attached hydrogens (tertiary/aromatic N) is 4. The second kappa shape index (κ2) is 9.38. The van der Waals surface area contributed by atoms with Crippen LogP contribution in [0.1, 0.15) is 5.56 Å².